The zero-order chi connectivity index (χ0) is 6.41. The van der Waals surface area contributed by atoms with Gasteiger partial charge in [-0.2, -0.15) is 0 Å². The van der Waals surface area contributed by atoms with Crippen molar-refractivity contribution in [3.05, 3.63) is 12.2 Å². The van der Waals surface area contributed by atoms with E-state index in [1.54, 1.807) is 0 Å². The molecule has 0 rings (SSSR count). The lowest BCUT2D eigenvalue weighted by Crippen LogP contribution is -2.15. The first kappa shape index (κ1) is 7.13. The Kier molecular flexibility index (Phi) is 3.83. The van der Waals surface area contributed by atoms with Gasteiger partial charge in [0.2, 0.25) is 0 Å². The van der Waals surface area contributed by atoms with Crippen molar-refractivity contribution in [1.82, 2.24) is 5.48 Å². The molecule has 1 amide bonds. The third-order valence-corrected chi connectivity index (χ3v) is 0.516. The van der Waals surface area contributed by atoms with Crippen LogP contribution in [0, 0.1) is 0 Å². The predicted molar refractivity (Wildman–Crippen MR) is 28.1 cm³/mol. The van der Waals surface area contributed by atoms with Gasteiger partial charge in [-0.1, -0.05) is 6.08 Å². The Morgan fingerprint density at radius 3 is 2.88 bits per heavy atom. The molecule has 0 saturated carbocycles. The van der Waals surface area contributed by atoms with Gasteiger partial charge in [-0.05, 0) is 0 Å². The lowest BCUT2D eigenvalue weighted by atomic mass is 10.5. The van der Waals surface area contributed by atoms with E-state index in [0.29, 0.717) is 6.54 Å². The molecule has 0 atom stereocenters. The second kappa shape index (κ2) is 4.29. The van der Waals surface area contributed by atoms with Crippen LogP contribution in [0.25, 0.3) is 0 Å². The molecule has 0 aromatic rings. The summed E-state index contributed by atoms with van der Waals surface area (Å²) < 4.78 is 0. The van der Waals surface area contributed by atoms with Gasteiger partial charge >= 0.3 is 0 Å². The first-order valence-corrected chi connectivity index (χ1v) is 2.12. The average Bonchev–Trinajstić information content (AvgIpc) is 1.83. The second-order valence-electron chi connectivity index (χ2n) is 1.11. The molecule has 0 heterocycles. The molecule has 0 aliphatic rings. The van der Waals surface area contributed by atoms with Crippen LogP contribution in [-0.4, -0.2) is 17.7 Å². The zero-order valence-corrected chi connectivity index (χ0v) is 4.29. The van der Waals surface area contributed by atoms with Crippen molar-refractivity contribution < 1.29 is 10.0 Å². The number of amides is 1. The minimum atomic E-state index is -0.560. The molecule has 8 heavy (non-hydrogen) atoms. The van der Waals surface area contributed by atoms with E-state index in [1.165, 1.54) is 11.6 Å². The Morgan fingerprint density at radius 1 is 1.88 bits per heavy atom. The van der Waals surface area contributed by atoms with Crippen LogP contribution in [0.3, 0.4) is 0 Å². The highest BCUT2D eigenvalue weighted by Crippen LogP contribution is 1.66. The SMILES string of the molecule is NC/C=C/C(=O)NO. The van der Waals surface area contributed by atoms with E-state index in [-0.39, 0.29) is 0 Å². The van der Waals surface area contributed by atoms with Crippen LogP contribution in [0.5, 0.6) is 0 Å². The summed E-state index contributed by atoms with van der Waals surface area (Å²) in [4.78, 5) is 10.1. The molecule has 0 unspecified atom stereocenters. The quantitative estimate of drug-likeness (QED) is 0.246. The van der Waals surface area contributed by atoms with E-state index in [2.05, 4.69) is 0 Å². The normalized spacial score (nSPS) is 9.75. The number of hydrogen-bond donors (Lipinski definition) is 3. The van der Waals surface area contributed by atoms with Gasteiger partial charge in [0.15, 0.2) is 0 Å². The van der Waals surface area contributed by atoms with Crippen molar-refractivity contribution in [3.8, 4) is 0 Å². The van der Waals surface area contributed by atoms with Crippen LogP contribution < -0.4 is 11.2 Å². The van der Waals surface area contributed by atoms with Crippen molar-refractivity contribution in [2.75, 3.05) is 6.54 Å². The molecule has 4 nitrogen and oxygen atoms in total. The highest BCUT2D eigenvalue weighted by atomic mass is 16.5. The molecule has 0 radical (unpaired) electrons. The van der Waals surface area contributed by atoms with Gasteiger partial charge in [-0.3, -0.25) is 10.0 Å². The Hall–Kier alpha value is -0.870. The molecule has 0 bridgehead atoms. The first-order valence-electron chi connectivity index (χ1n) is 2.12. The summed E-state index contributed by atoms with van der Waals surface area (Å²) in [7, 11) is 0. The monoisotopic (exact) mass is 116 g/mol. The van der Waals surface area contributed by atoms with Crippen molar-refractivity contribution >= 4 is 5.91 Å². The van der Waals surface area contributed by atoms with Crippen LogP contribution in [0.4, 0.5) is 0 Å². The van der Waals surface area contributed by atoms with Crippen molar-refractivity contribution in [2.24, 2.45) is 5.73 Å². The van der Waals surface area contributed by atoms with Crippen LogP contribution in [0.1, 0.15) is 0 Å². The molecule has 4 N–H and O–H groups in total. The fourth-order valence-corrected chi connectivity index (χ4v) is 0.212. The van der Waals surface area contributed by atoms with E-state index >= 15 is 0 Å². The summed E-state index contributed by atoms with van der Waals surface area (Å²) in [6, 6.07) is 0. The van der Waals surface area contributed by atoms with Gasteiger partial charge in [-0.15, -0.1) is 0 Å². The molecule has 0 fully saturated rings. The molecular weight excluding hydrogens is 108 g/mol. The minimum Gasteiger partial charge on any atom is -0.327 e. The molecular formula is C4H8N2O2. The van der Waals surface area contributed by atoms with Gasteiger partial charge in [0, 0.05) is 12.6 Å². The van der Waals surface area contributed by atoms with Gasteiger partial charge < -0.3 is 5.73 Å². The largest absolute Gasteiger partial charge is 0.327 e. The maximum atomic E-state index is 10.1. The van der Waals surface area contributed by atoms with Gasteiger partial charge in [0.25, 0.3) is 5.91 Å². The topological polar surface area (TPSA) is 75.4 Å². The summed E-state index contributed by atoms with van der Waals surface area (Å²) in [5.74, 6) is -0.560. The second-order valence-corrected chi connectivity index (χ2v) is 1.11. The molecule has 0 saturated heterocycles. The molecule has 0 aromatic carbocycles. The lowest BCUT2D eigenvalue weighted by Gasteiger charge is -1.84. The summed E-state index contributed by atoms with van der Waals surface area (Å²) in [6.07, 6.45) is 2.59. The predicted octanol–water partition coefficient (Wildman–Crippen LogP) is -0.993. The summed E-state index contributed by atoms with van der Waals surface area (Å²) in [5.41, 5.74) is 6.40. The van der Waals surface area contributed by atoms with Gasteiger partial charge in [-0.25, -0.2) is 5.48 Å². The summed E-state index contributed by atoms with van der Waals surface area (Å²) >= 11 is 0. The zero-order valence-electron chi connectivity index (χ0n) is 4.29. The van der Waals surface area contributed by atoms with Crippen LogP contribution in [0.15, 0.2) is 12.2 Å². The molecule has 0 spiro atoms. The Labute approximate surface area is 46.9 Å². The first-order chi connectivity index (χ1) is 3.81. The number of nitrogens with one attached hydrogen (secondary N) is 1. The minimum absolute atomic E-state index is 0.299. The fourth-order valence-electron chi connectivity index (χ4n) is 0.212. The van der Waals surface area contributed by atoms with E-state index in [1.807, 2.05) is 0 Å². The van der Waals surface area contributed by atoms with Gasteiger partial charge in [0.05, 0.1) is 0 Å². The summed E-state index contributed by atoms with van der Waals surface area (Å²) in [6.45, 7) is 0.299. The smallest absolute Gasteiger partial charge is 0.267 e. The third-order valence-electron chi connectivity index (χ3n) is 0.516. The van der Waals surface area contributed by atoms with Crippen molar-refractivity contribution in [3.63, 3.8) is 0 Å². The fraction of sp³-hybridized carbons (Fsp3) is 0.250. The molecule has 0 aliphatic heterocycles. The van der Waals surface area contributed by atoms with E-state index in [9.17, 15) is 4.79 Å². The maximum Gasteiger partial charge on any atom is 0.267 e. The van der Waals surface area contributed by atoms with Gasteiger partial charge in [0.1, 0.15) is 0 Å². The summed E-state index contributed by atoms with van der Waals surface area (Å²) in [5, 5.41) is 7.87. The standard InChI is InChI=1S/C4H8N2O2/c5-3-1-2-4(7)6-8/h1-2,8H,3,5H2,(H,6,7)/b2-1+. The van der Waals surface area contributed by atoms with E-state index < -0.39 is 5.91 Å². The number of hydroxylamine groups is 1. The number of rotatable bonds is 2. The Balaban J connectivity index is 3.37. The van der Waals surface area contributed by atoms with E-state index in [4.69, 9.17) is 10.9 Å². The highest BCUT2D eigenvalue weighted by Gasteiger charge is 1.84. The average molecular weight is 116 g/mol. The van der Waals surface area contributed by atoms with Crippen molar-refractivity contribution in [1.29, 1.82) is 0 Å². The lowest BCUT2D eigenvalue weighted by molar-refractivity contribution is -0.124. The Morgan fingerprint density at radius 2 is 2.50 bits per heavy atom. The van der Waals surface area contributed by atoms with Crippen LogP contribution >= 0.6 is 0 Å². The number of carbonyl (C=O) groups is 1. The van der Waals surface area contributed by atoms with E-state index in [0.717, 1.165) is 6.08 Å². The molecule has 46 valence electrons. The highest BCUT2D eigenvalue weighted by molar-refractivity contribution is 5.86. The number of nitrogens with two attached hydrogens (primary N) is 1. The molecule has 0 aliphatic carbocycles. The number of carbonyl (C=O) groups excluding carboxylic acids is 1. The van der Waals surface area contributed by atoms with Crippen molar-refractivity contribution in [2.45, 2.75) is 0 Å². The van der Waals surface area contributed by atoms with Crippen LogP contribution in [0.2, 0.25) is 0 Å². The molecule has 4 heteroatoms. The van der Waals surface area contributed by atoms with Crippen LogP contribution in [-0.2, 0) is 4.79 Å². The Bertz CT molecular complexity index is 100. The number of hydrogen-bond acceptors (Lipinski definition) is 3. The third kappa shape index (κ3) is 3.32. The molecule has 0 aromatic heterocycles. The maximum absolute atomic E-state index is 10.1.